The maximum atomic E-state index is 3.37. The molecule has 0 fully saturated rings. The van der Waals surface area contributed by atoms with Gasteiger partial charge >= 0.3 is 0 Å². The van der Waals surface area contributed by atoms with E-state index in [4.69, 9.17) is 0 Å². The summed E-state index contributed by atoms with van der Waals surface area (Å²) in [5.74, 6) is 0. The second-order valence-electron chi connectivity index (χ2n) is 3.87. The number of nitrogens with zero attached hydrogens (tertiary/aromatic N) is 1. The van der Waals surface area contributed by atoms with E-state index in [1.54, 1.807) is 0 Å². The first-order valence-corrected chi connectivity index (χ1v) is 5.60. The Labute approximate surface area is 83.7 Å². The molecule has 1 unspecified atom stereocenters. The molecule has 1 N–H and O–H groups in total. The Morgan fingerprint density at radius 1 is 1.08 bits per heavy atom. The lowest BCUT2D eigenvalue weighted by molar-refractivity contribution is 0.305. The summed E-state index contributed by atoms with van der Waals surface area (Å²) in [5.41, 5.74) is 0. The molecule has 0 rings (SSSR count). The van der Waals surface area contributed by atoms with Gasteiger partial charge in [-0.3, -0.25) is 0 Å². The quantitative estimate of drug-likeness (QED) is 0.624. The minimum Gasteiger partial charge on any atom is -0.317 e. The highest BCUT2D eigenvalue weighted by Gasteiger charge is 2.05. The van der Waals surface area contributed by atoms with Crippen LogP contribution in [0.5, 0.6) is 0 Å². The van der Waals surface area contributed by atoms with Crippen LogP contribution in [-0.2, 0) is 0 Å². The van der Waals surface area contributed by atoms with Crippen LogP contribution in [0.1, 0.15) is 39.5 Å². The Morgan fingerprint density at radius 3 is 2.23 bits per heavy atom. The molecule has 0 aromatic heterocycles. The van der Waals surface area contributed by atoms with Gasteiger partial charge < -0.3 is 10.2 Å². The molecule has 0 radical (unpaired) electrons. The maximum Gasteiger partial charge on any atom is 0.00761 e. The summed E-state index contributed by atoms with van der Waals surface area (Å²) in [6.45, 7) is 6.93. The average Bonchev–Trinajstić information content (AvgIpc) is 2.12. The van der Waals surface area contributed by atoms with E-state index in [0.29, 0.717) is 6.04 Å². The maximum absolute atomic E-state index is 3.37. The van der Waals surface area contributed by atoms with Gasteiger partial charge in [0.25, 0.3) is 0 Å². The third-order valence-corrected chi connectivity index (χ3v) is 2.51. The van der Waals surface area contributed by atoms with Crippen molar-refractivity contribution in [2.24, 2.45) is 0 Å². The van der Waals surface area contributed by atoms with E-state index in [1.807, 2.05) is 0 Å². The molecule has 0 aliphatic heterocycles. The molecule has 0 aromatic rings. The predicted molar refractivity (Wildman–Crippen MR) is 60.2 cm³/mol. The van der Waals surface area contributed by atoms with Crippen LogP contribution in [0.4, 0.5) is 0 Å². The summed E-state index contributed by atoms with van der Waals surface area (Å²) in [5, 5.41) is 3.37. The molecular formula is C11H26N2. The zero-order valence-electron chi connectivity index (χ0n) is 9.77. The SMILES string of the molecule is CCCC(CCN(C)CCC)NC. The molecule has 0 spiro atoms. The van der Waals surface area contributed by atoms with Gasteiger partial charge in [-0.15, -0.1) is 0 Å². The molecule has 2 nitrogen and oxygen atoms in total. The standard InChI is InChI=1S/C11H26N2/c1-5-7-11(12-3)8-10-13(4)9-6-2/h11-12H,5-10H2,1-4H3. The smallest absolute Gasteiger partial charge is 0.00761 e. The lowest BCUT2D eigenvalue weighted by atomic mass is 10.1. The summed E-state index contributed by atoms with van der Waals surface area (Å²) >= 11 is 0. The van der Waals surface area contributed by atoms with E-state index < -0.39 is 0 Å². The zero-order valence-corrected chi connectivity index (χ0v) is 9.77. The van der Waals surface area contributed by atoms with Gasteiger partial charge in [0.05, 0.1) is 0 Å². The van der Waals surface area contributed by atoms with Crippen molar-refractivity contribution in [2.75, 3.05) is 27.2 Å². The summed E-state index contributed by atoms with van der Waals surface area (Å²) in [4.78, 5) is 2.42. The Hall–Kier alpha value is -0.0800. The van der Waals surface area contributed by atoms with E-state index in [1.165, 1.54) is 38.8 Å². The van der Waals surface area contributed by atoms with E-state index in [9.17, 15) is 0 Å². The van der Waals surface area contributed by atoms with Gasteiger partial charge in [0.1, 0.15) is 0 Å². The molecule has 0 heterocycles. The normalized spacial score (nSPS) is 13.6. The lowest BCUT2D eigenvalue weighted by Gasteiger charge is -2.20. The van der Waals surface area contributed by atoms with Gasteiger partial charge in [0.2, 0.25) is 0 Å². The van der Waals surface area contributed by atoms with Crippen LogP contribution < -0.4 is 5.32 Å². The molecule has 0 saturated carbocycles. The van der Waals surface area contributed by atoms with Crippen molar-refractivity contribution in [2.45, 2.75) is 45.6 Å². The monoisotopic (exact) mass is 186 g/mol. The van der Waals surface area contributed by atoms with Crippen LogP contribution in [-0.4, -0.2) is 38.1 Å². The fraction of sp³-hybridized carbons (Fsp3) is 1.00. The van der Waals surface area contributed by atoms with Gasteiger partial charge in [-0.1, -0.05) is 20.3 Å². The van der Waals surface area contributed by atoms with Crippen LogP contribution >= 0.6 is 0 Å². The van der Waals surface area contributed by atoms with Crippen molar-refractivity contribution in [3.8, 4) is 0 Å². The second kappa shape index (κ2) is 8.52. The Kier molecular flexibility index (Phi) is 8.46. The first-order valence-electron chi connectivity index (χ1n) is 5.60. The third-order valence-electron chi connectivity index (χ3n) is 2.51. The van der Waals surface area contributed by atoms with Gasteiger partial charge in [0, 0.05) is 6.04 Å². The van der Waals surface area contributed by atoms with Crippen molar-refractivity contribution in [3.05, 3.63) is 0 Å². The van der Waals surface area contributed by atoms with Crippen molar-refractivity contribution < 1.29 is 0 Å². The fourth-order valence-electron chi connectivity index (χ4n) is 1.65. The van der Waals surface area contributed by atoms with Crippen molar-refractivity contribution in [1.82, 2.24) is 10.2 Å². The largest absolute Gasteiger partial charge is 0.317 e. The van der Waals surface area contributed by atoms with Crippen molar-refractivity contribution in [1.29, 1.82) is 0 Å². The topological polar surface area (TPSA) is 15.3 Å². The van der Waals surface area contributed by atoms with Crippen molar-refractivity contribution in [3.63, 3.8) is 0 Å². The van der Waals surface area contributed by atoms with Crippen LogP contribution in [0.25, 0.3) is 0 Å². The molecule has 1 atom stereocenters. The highest BCUT2D eigenvalue weighted by atomic mass is 15.1. The molecule has 0 bridgehead atoms. The number of hydrogen-bond acceptors (Lipinski definition) is 2. The second-order valence-corrected chi connectivity index (χ2v) is 3.87. The first kappa shape index (κ1) is 12.9. The molecule has 80 valence electrons. The predicted octanol–water partition coefficient (Wildman–Crippen LogP) is 2.11. The van der Waals surface area contributed by atoms with E-state index in [-0.39, 0.29) is 0 Å². The van der Waals surface area contributed by atoms with E-state index in [2.05, 4.69) is 38.2 Å². The zero-order chi connectivity index (χ0) is 10.1. The molecule has 0 saturated heterocycles. The molecular weight excluding hydrogens is 160 g/mol. The van der Waals surface area contributed by atoms with Crippen LogP contribution in [0.15, 0.2) is 0 Å². The Balaban J connectivity index is 3.46. The molecule has 0 aliphatic rings. The molecule has 0 amide bonds. The van der Waals surface area contributed by atoms with Gasteiger partial charge in [-0.2, -0.15) is 0 Å². The average molecular weight is 186 g/mol. The Morgan fingerprint density at radius 2 is 1.77 bits per heavy atom. The molecule has 2 heteroatoms. The number of hydrogen-bond donors (Lipinski definition) is 1. The number of rotatable bonds is 8. The van der Waals surface area contributed by atoms with Gasteiger partial charge in [0.15, 0.2) is 0 Å². The van der Waals surface area contributed by atoms with E-state index in [0.717, 1.165) is 0 Å². The van der Waals surface area contributed by atoms with E-state index >= 15 is 0 Å². The molecule has 13 heavy (non-hydrogen) atoms. The lowest BCUT2D eigenvalue weighted by Crippen LogP contribution is -2.31. The third kappa shape index (κ3) is 7.03. The molecule has 0 aromatic carbocycles. The number of nitrogens with one attached hydrogen (secondary N) is 1. The summed E-state index contributed by atoms with van der Waals surface area (Å²) in [6.07, 6.45) is 5.12. The summed E-state index contributed by atoms with van der Waals surface area (Å²) in [6, 6.07) is 0.712. The first-order chi connectivity index (χ1) is 6.24. The van der Waals surface area contributed by atoms with Crippen LogP contribution in [0.2, 0.25) is 0 Å². The highest BCUT2D eigenvalue weighted by molar-refractivity contribution is 4.65. The molecule has 0 aliphatic carbocycles. The van der Waals surface area contributed by atoms with Crippen LogP contribution in [0.3, 0.4) is 0 Å². The van der Waals surface area contributed by atoms with Crippen LogP contribution in [0, 0.1) is 0 Å². The Bertz CT molecular complexity index is 104. The summed E-state index contributed by atoms with van der Waals surface area (Å²) < 4.78 is 0. The van der Waals surface area contributed by atoms with Crippen molar-refractivity contribution >= 4 is 0 Å². The minimum absolute atomic E-state index is 0.712. The van der Waals surface area contributed by atoms with Gasteiger partial charge in [-0.25, -0.2) is 0 Å². The minimum atomic E-state index is 0.712. The highest BCUT2D eigenvalue weighted by Crippen LogP contribution is 2.02. The summed E-state index contributed by atoms with van der Waals surface area (Å²) in [7, 11) is 4.28. The fourth-order valence-corrected chi connectivity index (χ4v) is 1.65. The van der Waals surface area contributed by atoms with Gasteiger partial charge in [-0.05, 0) is 46.4 Å².